The van der Waals surface area contributed by atoms with E-state index in [1.165, 1.54) is 12.1 Å². The molecule has 3 rings (SSSR count). The Labute approximate surface area is 147 Å². The van der Waals surface area contributed by atoms with Gasteiger partial charge in [0.05, 0.1) is 17.9 Å². The molecule has 2 N–H and O–H groups in total. The predicted molar refractivity (Wildman–Crippen MR) is 95.0 cm³/mol. The van der Waals surface area contributed by atoms with Crippen LogP contribution in [0.25, 0.3) is 5.69 Å². The van der Waals surface area contributed by atoms with Crippen molar-refractivity contribution in [2.45, 2.75) is 39.2 Å². The second-order valence-corrected chi connectivity index (χ2v) is 6.76. The van der Waals surface area contributed by atoms with Crippen molar-refractivity contribution in [1.29, 1.82) is 0 Å². The summed E-state index contributed by atoms with van der Waals surface area (Å²) in [6, 6.07) is 6.11. The van der Waals surface area contributed by atoms with Crippen LogP contribution in [0.3, 0.4) is 0 Å². The molecule has 0 radical (unpaired) electrons. The van der Waals surface area contributed by atoms with Crippen LogP contribution in [0.5, 0.6) is 0 Å². The van der Waals surface area contributed by atoms with E-state index in [0.717, 1.165) is 42.9 Å². The van der Waals surface area contributed by atoms with Crippen molar-refractivity contribution in [2.24, 2.45) is 5.92 Å². The lowest BCUT2D eigenvalue weighted by molar-refractivity contribution is -0.122. The maximum Gasteiger partial charge on any atom is 0.220 e. The number of nitrogens with zero attached hydrogens (tertiary/aromatic N) is 2. The molecule has 1 saturated heterocycles. The molecule has 0 bridgehead atoms. The number of hydrogen-bond donors (Lipinski definition) is 2. The van der Waals surface area contributed by atoms with E-state index < -0.39 is 0 Å². The van der Waals surface area contributed by atoms with Gasteiger partial charge in [-0.3, -0.25) is 4.79 Å². The molecule has 1 aliphatic heterocycles. The molecule has 1 fully saturated rings. The smallest absolute Gasteiger partial charge is 0.220 e. The zero-order valence-electron chi connectivity index (χ0n) is 14.8. The third-order valence-corrected chi connectivity index (χ3v) is 4.90. The number of benzene rings is 1. The number of nitrogens with one attached hydrogen (secondary N) is 2. The summed E-state index contributed by atoms with van der Waals surface area (Å²) in [6.45, 7) is 6.00. The fourth-order valence-electron chi connectivity index (χ4n) is 3.38. The SMILES string of the molecule is Cc1c(C(C)NC(=O)CCC2CCNC2)cnn1-c1ccc(F)cc1. The zero-order valence-corrected chi connectivity index (χ0v) is 14.8. The summed E-state index contributed by atoms with van der Waals surface area (Å²) in [4.78, 5) is 12.2. The molecule has 134 valence electrons. The largest absolute Gasteiger partial charge is 0.349 e. The van der Waals surface area contributed by atoms with E-state index in [1.807, 2.05) is 13.8 Å². The van der Waals surface area contributed by atoms with Crippen LogP contribution in [0, 0.1) is 18.7 Å². The van der Waals surface area contributed by atoms with Crippen LogP contribution in [0.2, 0.25) is 0 Å². The molecule has 6 heteroatoms. The van der Waals surface area contributed by atoms with E-state index in [0.29, 0.717) is 12.3 Å². The van der Waals surface area contributed by atoms with Crippen LogP contribution in [-0.2, 0) is 4.79 Å². The first-order valence-electron chi connectivity index (χ1n) is 8.85. The number of hydrogen-bond acceptors (Lipinski definition) is 3. The van der Waals surface area contributed by atoms with Gasteiger partial charge >= 0.3 is 0 Å². The molecular weight excluding hydrogens is 319 g/mol. The van der Waals surface area contributed by atoms with Crippen molar-refractivity contribution in [1.82, 2.24) is 20.4 Å². The van der Waals surface area contributed by atoms with Gasteiger partial charge in [0.15, 0.2) is 0 Å². The average Bonchev–Trinajstić information content (AvgIpc) is 3.23. The Morgan fingerprint density at radius 1 is 1.44 bits per heavy atom. The molecule has 25 heavy (non-hydrogen) atoms. The summed E-state index contributed by atoms with van der Waals surface area (Å²) in [7, 11) is 0. The summed E-state index contributed by atoms with van der Waals surface area (Å²) >= 11 is 0. The molecule has 2 unspecified atom stereocenters. The van der Waals surface area contributed by atoms with Crippen molar-refractivity contribution in [3.05, 3.63) is 47.5 Å². The Bertz CT molecular complexity index is 720. The van der Waals surface area contributed by atoms with E-state index in [4.69, 9.17) is 0 Å². The number of rotatable bonds is 6. The molecule has 0 spiro atoms. The number of carbonyl (C=O) groups excluding carboxylic acids is 1. The highest BCUT2D eigenvalue weighted by Gasteiger charge is 2.19. The van der Waals surface area contributed by atoms with Crippen LogP contribution in [0.1, 0.15) is 43.5 Å². The first-order valence-corrected chi connectivity index (χ1v) is 8.85. The minimum absolute atomic E-state index is 0.0772. The molecule has 1 aliphatic rings. The van der Waals surface area contributed by atoms with Crippen LogP contribution in [0.4, 0.5) is 4.39 Å². The normalized spacial score (nSPS) is 18.3. The quantitative estimate of drug-likeness (QED) is 0.847. The number of carbonyl (C=O) groups is 1. The summed E-state index contributed by atoms with van der Waals surface area (Å²) in [5.41, 5.74) is 2.72. The highest BCUT2D eigenvalue weighted by molar-refractivity contribution is 5.76. The van der Waals surface area contributed by atoms with Gasteiger partial charge in [-0.25, -0.2) is 9.07 Å². The van der Waals surface area contributed by atoms with Crippen LogP contribution >= 0.6 is 0 Å². The number of aromatic nitrogens is 2. The minimum atomic E-state index is -0.271. The Morgan fingerprint density at radius 3 is 2.88 bits per heavy atom. The summed E-state index contributed by atoms with van der Waals surface area (Å²) in [6.07, 6.45) is 4.41. The lowest BCUT2D eigenvalue weighted by Gasteiger charge is -2.15. The van der Waals surface area contributed by atoms with Gasteiger partial charge in [-0.1, -0.05) is 0 Å². The van der Waals surface area contributed by atoms with Crippen molar-refractivity contribution < 1.29 is 9.18 Å². The van der Waals surface area contributed by atoms with Crippen molar-refractivity contribution >= 4 is 5.91 Å². The Balaban J connectivity index is 1.61. The Hall–Kier alpha value is -2.21. The summed E-state index contributed by atoms with van der Waals surface area (Å²) in [5.74, 6) is 0.421. The molecule has 1 aromatic heterocycles. The van der Waals surface area contributed by atoms with Gasteiger partial charge in [0.2, 0.25) is 5.91 Å². The number of amides is 1. The molecule has 1 aromatic carbocycles. The van der Waals surface area contributed by atoms with E-state index in [-0.39, 0.29) is 17.8 Å². The lowest BCUT2D eigenvalue weighted by Crippen LogP contribution is -2.27. The lowest BCUT2D eigenvalue weighted by atomic mass is 10.0. The van der Waals surface area contributed by atoms with Crippen molar-refractivity contribution in [3.8, 4) is 5.69 Å². The first kappa shape index (κ1) is 17.6. The van der Waals surface area contributed by atoms with Crippen LogP contribution in [0.15, 0.2) is 30.5 Å². The molecular formula is C19H25FN4O. The van der Waals surface area contributed by atoms with Gasteiger partial charge in [-0.2, -0.15) is 5.10 Å². The van der Waals surface area contributed by atoms with E-state index in [1.54, 1.807) is 23.0 Å². The van der Waals surface area contributed by atoms with E-state index in [2.05, 4.69) is 15.7 Å². The highest BCUT2D eigenvalue weighted by atomic mass is 19.1. The molecule has 5 nitrogen and oxygen atoms in total. The Morgan fingerprint density at radius 2 is 2.20 bits per heavy atom. The van der Waals surface area contributed by atoms with Crippen molar-refractivity contribution in [2.75, 3.05) is 13.1 Å². The summed E-state index contributed by atoms with van der Waals surface area (Å²) < 4.78 is 14.8. The van der Waals surface area contributed by atoms with Crippen LogP contribution in [-0.4, -0.2) is 28.8 Å². The van der Waals surface area contributed by atoms with Gasteiger partial charge in [-0.15, -0.1) is 0 Å². The van der Waals surface area contributed by atoms with Gasteiger partial charge in [0.1, 0.15) is 5.82 Å². The number of halogens is 1. The second kappa shape index (κ2) is 7.78. The molecule has 0 saturated carbocycles. The fraction of sp³-hybridized carbons (Fsp3) is 0.474. The zero-order chi connectivity index (χ0) is 17.8. The van der Waals surface area contributed by atoms with Crippen molar-refractivity contribution in [3.63, 3.8) is 0 Å². The fourth-order valence-corrected chi connectivity index (χ4v) is 3.38. The van der Waals surface area contributed by atoms with Gasteiger partial charge in [0, 0.05) is 17.7 Å². The maximum absolute atomic E-state index is 13.1. The van der Waals surface area contributed by atoms with Crippen LogP contribution < -0.4 is 10.6 Å². The second-order valence-electron chi connectivity index (χ2n) is 6.76. The molecule has 2 atom stereocenters. The molecule has 2 aromatic rings. The standard InChI is InChI=1S/C19H25FN4O/c1-13(23-19(25)8-3-15-9-10-21-11-15)18-12-22-24(14(18)2)17-6-4-16(20)5-7-17/h4-7,12-13,15,21H,3,8-11H2,1-2H3,(H,23,25). The predicted octanol–water partition coefficient (Wildman–Crippen LogP) is 2.89. The van der Waals surface area contributed by atoms with Gasteiger partial charge in [0.25, 0.3) is 0 Å². The van der Waals surface area contributed by atoms with Gasteiger partial charge in [-0.05, 0) is 70.0 Å². The highest BCUT2D eigenvalue weighted by Crippen LogP contribution is 2.21. The average molecular weight is 344 g/mol. The first-order chi connectivity index (χ1) is 12.0. The monoisotopic (exact) mass is 344 g/mol. The third kappa shape index (κ3) is 4.25. The topological polar surface area (TPSA) is 59.0 Å². The minimum Gasteiger partial charge on any atom is -0.349 e. The molecule has 2 heterocycles. The maximum atomic E-state index is 13.1. The molecule has 1 amide bonds. The van der Waals surface area contributed by atoms with Gasteiger partial charge < -0.3 is 10.6 Å². The molecule has 0 aliphatic carbocycles. The third-order valence-electron chi connectivity index (χ3n) is 4.90. The van der Waals surface area contributed by atoms with E-state index >= 15 is 0 Å². The van der Waals surface area contributed by atoms with E-state index in [9.17, 15) is 9.18 Å². The Kier molecular flexibility index (Phi) is 5.48. The summed E-state index contributed by atoms with van der Waals surface area (Å²) in [5, 5.41) is 10.8.